The van der Waals surface area contributed by atoms with Crippen molar-refractivity contribution in [3.8, 4) is 0 Å². The molecule has 0 radical (unpaired) electrons. The molecule has 1 fully saturated rings. The number of nitrogens with zero attached hydrogens (tertiary/aromatic N) is 3. The van der Waals surface area contributed by atoms with Crippen molar-refractivity contribution in [2.45, 2.75) is 19.0 Å². The molecule has 0 aliphatic carbocycles. The second kappa shape index (κ2) is 7.60. The summed E-state index contributed by atoms with van der Waals surface area (Å²) in [6.07, 6.45) is 0.682. The average Bonchev–Trinajstić information content (AvgIpc) is 3.08. The van der Waals surface area contributed by atoms with Crippen LogP contribution in [-0.4, -0.2) is 73.5 Å². The van der Waals surface area contributed by atoms with E-state index in [0.717, 1.165) is 11.4 Å². The first-order valence-electron chi connectivity index (χ1n) is 7.45. The Morgan fingerprint density at radius 3 is 2.77 bits per heavy atom. The van der Waals surface area contributed by atoms with E-state index in [-0.39, 0.29) is 18.0 Å². The van der Waals surface area contributed by atoms with E-state index < -0.39 is 0 Å². The quantitative estimate of drug-likeness (QED) is 0.851. The highest BCUT2D eigenvalue weighted by molar-refractivity contribution is 7.09. The first-order chi connectivity index (χ1) is 10.5. The predicted molar refractivity (Wildman–Crippen MR) is 87.9 cm³/mol. The summed E-state index contributed by atoms with van der Waals surface area (Å²) < 4.78 is 0. The van der Waals surface area contributed by atoms with Crippen molar-refractivity contribution in [1.82, 2.24) is 20.0 Å². The zero-order chi connectivity index (χ0) is 16.1. The van der Waals surface area contributed by atoms with E-state index >= 15 is 0 Å². The number of carbonyl (C=O) groups excluding carboxylic acids is 2. The van der Waals surface area contributed by atoms with E-state index in [1.54, 1.807) is 28.2 Å². The number of hydrogen-bond acceptors (Lipinski definition) is 4. The normalized spacial score (nSPS) is 18.1. The van der Waals surface area contributed by atoms with Crippen LogP contribution in [0, 0.1) is 0 Å². The van der Waals surface area contributed by atoms with Gasteiger partial charge in [-0.3, -0.25) is 4.79 Å². The summed E-state index contributed by atoms with van der Waals surface area (Å²) in [6.45, 7) is 2.70. The minimum absolute atomic E-state index is 0.00275. The topological polar surface area (TPSA) is 55.9 Å². The highest BCUT2D eigenvalue weighted by Gasteiger charge is 2.31. The second-order valence-corrected chi connectivity index (χ2v) is 6.89. The van der Waals surface area contributed by atoms with Crippen molar-refractivity contribution in [2.24, 2.45) is 0 Å². The lowest BCUT2D eigenvalue weighted by Gasteiger charge is -2.25. The van der Waals surface area contributed by atoms with Gasteiger partial charge in [-0.25, -0.2) is 4.79 Å². The second-order valence-electron chi connectivity index (χ2n) is 5.85. The third-order valence-corrected chi connectivity index (χ3v) is 4.62. The number of urea groups is 1. The molecule has 7 heteroatoms. The Balaban J connectivity index is 1.97. The van der Waals surface area contributed by atoms with Gasteiger partial charge in [0.25, 0.3) is 0 Å². The summed E-state index contributed by atoms with van der Waals surface area (Å²) in [5.41, 5.74) is 0. The molecular weight excluding hydrogens is 300 g/mol. The molecule has 22 heavy (non-hydrogen) atoms. The standard InChI is InChI=1S/C15H24N4O2S/c1-17(2)8-9-19(11-12-5-4-10-22-12)15(21)16-13-6-7-18(3)14(13)20/h4-5,10,13H,6-9,11H2,1-3H3,(H,16,21)/t13-/m0/s1. The molecule has 1 atom stereocenters. The van der Waals surface area contributed by atoms with E-state index in [4.69, 9.17) is 0 Å². The average molecular weight is 324 g/mol. The van der Waals surface area contributed by atoms with Gasteiger partial charge in [-0.15, -0.1) is 11.3 Å². The number of nitrogens with one attached hydrogen (secondary N) is 1. The lowest BCUT2D eigenvalue weighted by atomic mass is 10.2. The molecule has 0 spiro atoms. The lowest BCUT2D eigenvalue weighted by molar-refractivity contribution is -0.128. The van der Waals surface area contributed by atoms with Gasteiger partial charge in [0, 0.05) is 31.6 Å². The molecule has 1 aromatic rings. The van der Waals surface area contributed by atoms with E-state index in [9.17, 15) is 9.59 Å². The van der Waals surface area contributed by atoms with E-state index in [1.807, 2.05) is 36.5 Å². The largest absolute Gasteiger partial charge is 0.344 e. The van der Waals surface area contributed by atoms with Gasteiger partial charge >= 0.3 is 6.03 Å². The minimum atomic E-state index is -0.386. The molecule has 1 aliphatic rings. The van der Waals surface area contributed by atoms with Crippen molar-refractivity contribution in [3.05, 3.63) is 22.4 Å². The molecule has 2 rings (SSSR count). The van der Waals surface area contributed by atoms with Crippen molar-refractivity contribution in [2.75, 3.05) is 40.8 Å². The Bertz CT molecular complexity index is 504. The van der Waals surface area contributed by atoms with Crippen molar-refractivity contribution in [1.29, 1.82) is 0 Å². The zero-order valence-electron chi connectivity index (χ0n) is 13.4. The van der Waals surface area contributed by atoms with Crippen LogP contribution in [-0.2, 0) is 11.3 Å². The molecule has 1 N–H and O–H groups in total. The van der Waals surface area contributed by atoms with Gasteiger partial charge in [-0.05, 0) is 32.0 Å². The summed E-state index contributed by atoms with van der Waals surface area (Å²) in [7, 11) is 5.73. The Kier molecular flexibility index (Phi) is 5.79. The maximum atomic E-state index is 12.5. The Morgan fingerprint density at radius 1 is 1.45 bits per heavy atom. The third kappa shape index (κ3) is 4.45. The van der Waals surface area contributed by atoms with Gasteiger partial charge in [-0.1, -0.05) is 6.07 Å². The van der Waals surface area contributed by atoms with Gasteiger partial charge in [0.05, 0.1) is 6.54 Å². The van der Waals surface area contributed by atoms with Gasteiger partial charge in [0.1, 0.15) is 6.04 Å². The molecule has 0 aromatic carbocycles. The van der Waals surface area contributed by atoms with Gasteiger partial charge in [0.15, 0.2) is 0 Å². The van der Waals surface area contributed by atoms with Crippen LogP contribution >= 0.6 is 11.3 Å². The Morgan fingerprint density at radius 2 is 2.23 bits per heavy atom. The van der Waals surface area contributed by atoms with E-state index in [0.29, 0.717) is 26.1 Å². The number of thiophene rings is 1. The fourth-order valence-electron chi connectivity index (χ4n) is 2.36. The number of amides is 3. The molecule has 2 heterocycles. The van der Waals surface area contributed by atoms with Gasteiger partial charge in [0.2, 0.25) is 5.91 Å². The van der Waals surface area contributed by atoms with Gasteiger partial charge in [-0.2, -0.15) is 0 Å². The maximum absolute atomic E-state index is 12.5. The molecule has 1 aromatic heterocycles. The van der Waals surface area contributed by atoms with Crippen LogP contribution in [0.4, 0.5) is 4.79 Å². The van der Waals surface area contributed by atoms with Crippen LogP contribution < -0.4 is 5.32 Å². The smallest absolute Gasteiger partial charge is 0.318 e. The van der Waals surface area contributed by atoms with E-state index in [2.05, 4.69) is 5.32 Å². The highest BCUT2D eigenvalue weighted by Crippen LogP contribution is 2.13. The zero-order valence-corrected chi connectivity index (χ0v) is 14.2. The number of carbonyl (C=O) groups is 2. The third-order valence-electron chi connectivity index (χ3n) is 3.76. The van der Waals surface area contributed by atoms with Crippen molar-refractivity contribution in [3.63, 3.8) is 0 Å². The fraction of sp³-hybridized carbons (Fsp3) is 0.600. The summed E-state index contributed by atoms with van der Waals surface area (Å²) in [5, 5.41) is 4.88. The number of likely N-dealkylation sites (tertiary alicyclic amines) is 1. The lowest BCUT2D eigenvalue weighted by Crippen LogP contribution is -2.48. The first kappa shape index (κ1) is 16.8. The predicted octanol–water partition coefficient (Wildman–Crippen LogP) is 1.05. The monoisotopic (exact) mass is 324 g/mol. The molecule has 3 amide bonds. The highest BCUT2D eigenvalue weighted by atomic mass is 32.1. The molecule has 1 aliphatic heterocycles. The summed E-state index contributed by atoms with van der Waals surface area (Å²) in [5.74, 6) is -0.00275. The maximum Gasteiger partial charge on any atom is 0.318 e. The van der Waals surface area contributed by atoms with Crippen LogP contribution in [0.2, 0.25) is 0 Å². The van der Waals surface area contributed by atoms with Crippen LogP contribution in [0.5, 0.6) is 0 Å². The van der Waals surface area contributed by atoms with Crippen LogP contribution in [0.25, 0.3) is 0 Å². The summed E-state index contributed by atoms with van der Waals surface area (Å²) in [4.78, 5) is 31.1. The summed E-state index contributed by atoms with van der Waals surface area (Å²) in [6, 6.07) is 3.46. The van der Waals surface area contributed by atoms with Crippen LogP contribution in [0.1, 0.15) is 11.3 Å². The number of likely N-dealkylation sites (N-methyl/N-ethyl adjacent to an activating group) is 2. The summed E-state index contributed by atoms with van der Waals surface area (Å²) >= 11 is 1.64. The van der Waals surface area contributed by atoms with Crippen LogP contribution in [0.15, 0.2) is 17.5 Å². The van der Waals surface area contributed by atoms with Gasteiger partial charge < -0.3 is 20.0 Å². The van der Waals surface area contributed by atoms with Crippen molar-refractivity contribution >= 4 is 23.3 Å². The molecule has 0 unspecified atom stereocenters. The molecule has 0 saturated carbocycles. The van der Waals surface area contributed by atoms with E-state index in [1.165, 1.54) is 0 Å². The molecular formula is C15H24N4O2S. The Hall–Kier alpha value is -1.60. The Labute approximate surface area is 135 Å². The minimum Gasteiger partial charge on any atom is -0.344 e. The first-order valence-corrected chi connectivity index (χ1v) is 8.33. The van der Waals surface area contributed by atoms with Crippen LogP contribution in [0.3, 0.4) is 0 Å². The molecule has 1 saturated heterocycles. The molecule has 122 valence electrons. The fourth-order valence-corrected chi connectivity index (χ4v) is 3.08. The number of hydrogen-bond donors (Lipinski definition) is 1. The number of rotatable bonds is 6. The SMILES string of the molecule is CN(C)CCN(Cc1cccs1)C(=O)N[C@H]1CCN(C)C1=O. The van der Waals surface area contributed by atoms with Crippen molar-refractivity contribution < 1.29 is 9.59 Å². The molecule has 6 nitrogen and oxygen atoms in total. The molecule has 0 bridgehead atoms.